The fourth-order valence-corrected chi connectivity index (χ4v) is 4.51. The average molecular weight is 399 g/mol. The minimum atomic E-state index is -0.0170. The molecule has 1 aromatic carbocycles. The Morgan fingerprint density at radius 2 is 1.48 bits per heavy atom. The van der Waals surface area contributed by atoms with E-state index in [2.05, 4.69) is 5.32 Å². The molecular weight excluding hydrogens is 368 g/mol. The van der Waals surface area contributed by atoms with Crippen LogP contribution in [0.1, 0.15) is 55.3 Å². The van der Waals surface area contributed by atoms with Crippen LogP contribution in [-0.2, 0) is 4.79 Å². The Morgan fingerprint density at radius 3 is 2.10 bits per heavy atom. The molecule has 7 nitrogen and oxygen atoms in total. The predicted molar refractivity (Wildman–Crippen MR) is 111 cm³/mol. The Labute approximate surface area is 172 Å². The molecule has 3 aliphatic rings. The highest BCUT2D eigenvalue weighted by atomic mass is 16.2. The number of anilines is 1. The molecule has 1 saturated carbocycles. The van der Waals surface area contributed by atoms with Gasteiger partial charge in [0, 0.05) is 56.4 Å². The van der Waals surface area contributed by atoms with Gasteiger partial charge in [-0.1, -0.05) is 19.3 Å². The Hall–Kier alpha value is -2.57. The number of nitrogens with one attached hydrogen (secondary N) is 1. The lowest BCUT2D eigenvalue weighted by molar-refractivity contribution is -0.117. The van der Waals surface area contributed by atoms with Gasteiger partial charge in [0.05, 0.1) is 0 Å². The van der Waals surface area contributed by atoms with Crippen molar-refractivity contribution in [2.75, 3.05) is 37.6 Å². The molecule has 4 rings (SSSR count). The maximum atomic E-state index is 12.8. The van der Waals surface area contributed by atoms with E-state index >= 15 is 0 Å². The molecule has 0 radical (unpaired) electrons. The highest BCUT2D eigenvalue weighted by Gasteiger charge is 2.27. The van der Waals surface area contributed by atoms with Gasteiger partial charge in [0.25, 0.3) is 5.91 Å². The van der Waals surface area contributed by atoms with Crippen molar-refractivity contribution in [3.8, 4) is 0 Å². The topological polar surface area (TPSA) is 73.0 Å². The lowest BCUT2D eigenvalue weighted by Gasteiger charge is -2.36. The van der Waals surface area contributed by atoms with E-state index in [4.69, 9.17) is 0 Å². The highest BCUT2D eigenvalue weighted by molar-refractivity contribution is 5.97. The van der Waals surface area contributed by atoms with Crippen molar-refractivity contribution >= 4 is 23.5 Å². The third-order valence-corrected chi connectivity index (χ3v) is 6.29. The van der Waals surface area contributed by atoms with Crippen LogP contribution in [0.25, 0.3) is 0 Å². The van der Waals surface area contributed by atoms with Crippen LogP contribution >= 0.6 is 0 Å². The summed E-state index contributed by atoms with van der Waals surface area (Å²) in [6.45, 7) is 2.96. The van der Waals surface area contributed by atoms with Gasteiger partial charge in [-0.2, -0.15) is 0 Å². The van der Waals surface area contributed by atoms with Gasteiger partial charge in [0.15, 0.2) is 0 Å². The highest BCUT2D eigenvalue weighted by Crippen LogP contribution is 2.22. The van der Waals surface area contributed by atoms with Crippen LogP contribution in [0.2, 0.25) is 0 Å². The predicted octanol–water partition coefficient (Wildman–Crippen LogP) is 2.61. The number of benzene rings is 1. The molecule has 2 aliphatic heterocycles. The molecule has 2 saturated heterocycles. The Kier molecular flexibility index (Phi) is 6.02. The molecule has 0 aromatic heterocycles. The fourth-order valence-electron chi connectivity index (χ4n) is 4.51. The normalized spacial score (nSPS) is 20.8. The van der Waals surface area contributed by atoms with Crippen LogP contribution in [0.3, 0.4) is 0 Å². The molecule has 0 unspecified atom stereocenters. The standard InChI is InChI=1S/C22H30N4O3/c27-20-7-4-12-26(20)19-10-8-17(9-11-19)21(28)24-13-15-25(16-14-24)22(29)23-18-5-2-1-3-6-18/h8-11,18H,1-7,12-16H2,(H,23,29). The number of urea groups is 1. The van der Waals surface area contributed by atoms with Crippen molar-refractivity contribution in [3.05, 3.63) is 29.8 Å². The second-order valence-electron chi connectivity index (χ2n) is 8.26. The van der Waals surface area contributed by atoms with E-state index in [-0.39, 0.29) is 17.8 Å². The van der Waals surface area contributed by atoms with Crippen molar-refractivity contribution in [2.45, 2.75) is 51.0 Å². The van der Waals surface area contributed by atoms with Gasteiger partial charge in [-0.25, -0.2) is 4.79 Å². The first-order valence-electron chi connectivity index (χ1n) is 10.9. The number of hydrogen-bond donors (Lipinski definition) is 1. The number of hydrogen-bond acceptors (Lipinski definition) is 3. The smallest absolute Gasteiger partial charge is 0.317 e. The number of carbonyl (C=O) groups excluding carboxylic acids is 3. The molecule has 7 heteroatoms. The van der Waals surface area contributed by atoms with Crippen molar-refractivity contribution in [1.82, 2.24) is 15.1 Å². The lowest BCUT2D eigenvalue weighted by Crippen LogP contribution is -2.54. The van der Waals surface area contributed by atoms with Gasteiger partial charge < -0.3 is 20.0 Å². The van der Waals surface area contributed by atoms with Gasteiger partial charge in [0.2, 0.25) is 5.91 Å². The minimum Gasteiger partial charge on any atom is -0.335 e. The first-order chi connectivity index (χ1) is 14.1. The molecule has 1 aliphatic carbocycles. The molecule has 0 bridgehead atoms. The molecule has 1 aromatic rings. The van der Waals surface area contributed by atoms with Crippen LogP contribution in [0.5, 0.6) is 0 Å². The Balaban J connectivity index is 1.28. The second kappa shape index (κ2) is 8.84. The van der Waals surface area contributed by atoms with E-state index < -0.39 is 0 Å². The van der Waals surface area contributed by atoms with E-state index in [1.807, 2.05) is 17.0 Å². The minimum absolute atomic E-state index is 0.00336. The Bertz CT molecular complexity index is 750. The zero-order chi connectivity index (χ0) is 20.2. The average Bonchev–Trinajstić information content (AvgIpc) is 3.20. The molecule has 0 atom stereocenters. The van der Waals surface area contributed by atoms with Crippen LogP contribution in [0, 0.1) is 0 Å². The maximum absolute atomic E-state index is 12.8. The van der Waals surface area contributed by atoms with E-state index in [1.54, 1.807) is 21.9 Å². The van der Waals surface area contributed by atoms with Crippen LogP contribution in [0.4, 0.5) is 10.5 Å². The van der Waals surface area contributed by atoms with Gasteiger partial charge >= 0.3 is 6.03 Å². The van der Waals surface area contributed by atoms with Crippen molar-refractivity contribution in [2.24, 2.45) is 0 Å². The Morgan fingerprint density at radius 1 is 0.828 bits per heavy atom. The first-order valence-corrected chi connectivity index (χ1v) is 10.9. The second-order valence-corrected chi connectivity index (χ2v) is 8.26. The molecule has 1 N–H and O–H groups in total. The number of rotatable bonds is 3. The largest absolute Gasteiger partial charge is 0.335 e. The maximum Gasteiger partial charge on any atom is 0.317 e. The summed E-state index contributed by atoms with van der Waals surface area (Å²) in [6.07, 6.45) is 7.28. The van der Waals surface area contributed by atoms with Gasteiger partial charge in [0.1, 0.15) is 0 Å². The number of piperazine rings is 1. The van der Waals surface area contributed by atoms with Crippen LogP contribution in [-0.4, -0.2) is 66.4 Å². The summed E-state index contributed by atoms with van der Waals surface area (Å²) in [5.74, 6) is 0.128. The van der Waals surface area contributed by atoms with Gasteiger partial charge in [-0.15, -0.1) is 0 Å². The monoisotopic (exact) mass is 398 g/mol. The van der Waals surface area contributed by atoms with Crippen molar-refractivity contribution in [1.29, 1.82) is 0 Å². The molecule has 3 fully saturated rings. The summed E-state index contributed by atoms with van der Waals surface area (Å²) in [5, 5.41) is 3.15. The molecule has 156 valence electrons. The summed E-state index contributed by atoms with van der Waals surface area (Å²) in [7, 11) is 0. The lowest BCUT2D eigenvalue weighted by atomic mass is 9.96. The van der Waals surface area contributed by atoms with E-state index in [0.717, 1.165) is 31.5 Å². The molecule has 0 spiro atoms. The number of carbonyl (C=O) groups is 3. The quantitative estimate of drug-likeness (QED) is 0.851. The molecule has 4 amide bonds. The number of amides is 4. The zero-order valence-corrected chi connectivity index (χ0v) is 16.9. The van der Waals surface area contributed by atoms with Gasteiger partial charge in [-0.3, -0.25) is 9.59 Å². The first kappa shape index (κ1) is 19.7. The zero-order valence-electron chi connectivity index (χ0n) is 16.9. The van der Waals surface area contributed by atoms with Crippen LogP contribution < -0.4 is 10.2 Å². The molecule has 29 heavy (non-hydrogen) atoms. The van der Waals surface area contributed by atoms with E-state index in [1.165, 1.54) is 19.3 Å². The van der Waals surface area contributed by atoms with E-state index in [9.17, 15) is 14.4 Å². The molecule has 2 heterocycles. The summed E-state index contributed by atoms with van der Waals surface area (Å²) in [5.41, 5.74) is 1.48. The van der Waals surface area contributed by atoms with Crippen molar-refractivity contribution in [3.63, 3.8) is 0 Å². The summed E-state index contributed by atoms with van der Waals surface area (Å²) in [4.78, 5) is 42.6. The van der Waals surface area contributed by atoms with Crippen LogP contribution in [0.15, 0.2) is 24.3 Å². The molecular formula is C22H30N4O3. The fraction of sp³-hybridized carbons (Fsp3) is 0.591. The SMILES string of the molecule is O=C(NC1CCCCC1)N1CCN(C(=O)c2ccc(N3CCCC3=O)cc2)CC1. The van der Waals surface area contributed by atoms with E-state index in [0.29, 0.717) is 44.2 Å². The van der Waals surface area contributed by atoms with Gasteiger partial charge in [-0.05, 0) is 43.5 Å². The third kappa shape index (κ3) is 4.54. The summed E-state index contributed by atoms with van der Waals surface area (Å²) < 4.78 is 0. The third-order valence-electron chi connectivity index (χ3n) is 6.29. The summed E-state index contributed by atoms with van der Waals surface area (Å²) >= 11 is 0. The van der Waals surface area contributed by atoms with Crippen molar-refractivity contribution < 1.29 is 14.4 Å². The number of nitrogens with zero attached hydrogens (tertiary/aromatic N) is 3. The summed E-state index contributed by atoms with van der Waals surface area (Å²) in [6, 6.07) is 7.60.